The van der Waals surface area contributed by atoms with Crippen LogP contribution in [0.2, 0.25) is 0 Å². The number of amides is 1. The third-order valence-electron chi connectivity index (χ3n) is 2.66. The van der Waals surface area contributed by atoms with Crippen molar-refractivity contribution in [1.29, 1.82) is 0 Å². The first-order valence-corrected chi connectivity index (χ1v) is 7.12. The van der Waals surface area contributed by atoms with Crippen molar-refractivity contribution in [2.24, 2.45) is 5.84 Å². The summed E-state index contributed by atoms with van der Waals surface area (Å²) in [4.78, 5) is 29.1. The monoisotopic (exact) mass is 305 g/mol. The van der Waals surface area contributed by atoms with Gasteiger partial charge in [0.2, 0.25) is 5.91 Å². The van der Waals surface area contributed by atoms with Crippen LogP contribution in [0.4, 0.5) is 5.82 Å². The highest BCUT2D eigenvalue weighted by atomic mass is 32.2. The third-order valence-corrected chi connectivity index (χ3v) is 3.61. The number of nitrogens with one attached hydrogen (secondary N) is 2. The third kappa shape index (κ3) is 4.62. The maximum Gasteiger partial charge on any atom is 0.253 e. The van der Waals surface area contributed by atoms with E-state index in [2.05, 4.69) is 15.4 Å². The van der Waals surface area contributed by atoms with Gasteiger partial charge in [0.15, 0.2) is 5.16 Å². The van der Waals surface area contributed by atoms with Crippen LogP contribution < -0.4 is 22.6 Å². The second kappa shape index (κ2) is 6.91. The van der Waals surface area contributed by atoms with Crippen molar-refractivity contribution in [2.45, 2.75) is 17.3 Å². The molecule has 0 spiro atoms. The molecule has 0 aliphatic carbocycles. The molecular weight excluding hydrogens is 290 g/mol. The lowest BCUT2D eigenvalue weighted by molar-refractivity contribution is -0.120. The number of carbonyl (C=O) groups is 1. The Kier molecular flexibility index (Phi) is 4.96. The predicted molar refractivity (Wildman–Crippen MR) is 81.3 cm³/mol. The highest BCUT2D eigenvalue weighted by Gasteiger charge is 2.03. The highest BCUT2D eigenvalue weighted by molar-refractivity contribution is 7.98. The molecule has 2 rings (SSSR count). The molecule has 0 unspecified atom stereocenters. The van der Waals surface area contributed by atoms with Crippen molar-refractivity contribution in [3.8, 4) is 0 Å². The summed E-state index contributed by atoms with van der Waals surface area (Å²) in [5, 5.41) is 0.478. The largest absolute Gasteiger partial charge is 0.383 e. The summed E-state index contributed by atoms with van der Waals surface area (Å²) in [7, 11) is 0. The van der Waals surface area contributed by atoms with Crippen LogP contribution in [0.3, 0.4) is 0 Å². The zero-order valence-corrected chi connectivity index (χ0v) is 11.9. The Balaban J connectivity index is 1.97. The van der Waals surface area contributed by atoms with Crippen LogP contribution in [-0.2, 0) is 17.0 Å². The predicted octanol–water partition coefficient (Wildman–Crippen LogP) is 0.177. The highest BCUT2D eigenvalue weighted by Crippen LogP contribution is 2.19. The molecule has 0 aliphatic rings. The Morgan fingerprint density at radius 2 is 1.95 bits per heavy atom. The fraction of sp³-hybridized carbons (Fsp3) is 0.154. The molecule has 0 saturated heterocycles. The van der Waals surface area contributed by atoms with Crippen LogP contribution >= 0.6 is 11.8 Å². The number of nitrogens with zero attached hydrogens (tertiary/aromatic N) is 1. The molecule has 2 aromatic rings. The molecular formula is C13H15N5O2S. The van der Waals surface area contributed by atoms with Gasteiger partial charge >= 0.3 is 0 Å². The Bertz CT molecular complexity index is 684. The number of aromatic nitrogens is 2. The van der Waals surface area contributed by atoms with E-state index < -0.39 is 0 Å². The molecule has 1 aromatic heterocycles. The molecule has 0 atom stereocenters. The summed E-state index contributed by atoms with van der Waals surface area (Å²) in [5.41, 5.74) is 9.25. The molecule has 1 amide bonds. The number of hydrazine groups is 1. The zero-order chi connectivity index (χ0) is 15.2. The number of anilines is 1. The van der Waals surface area contributed by atoms with Gasteiger partial charge in [-0.05, 0) is 11.1 Å². The molecule has 1 heterocycles. The van der Waals surface area contributed by atoms with E-state index in [0.717, 1.165) is 11.1 Å². The lowest BCUT2D eigenvalue weighted by Crippen LogP contribution is -2.31. The average molecular weight is 305 g/mol. The maximum atomic E-state index is 11.3. The van der Waals surface area contributed by atoms with Crippen LogP contribution in [0.1, 0.15) is 11.1 Å². The second-order valence-corrected chi connectivity index (χ2v) is 5.29. The number of rotatable bonds is 5. The first-order chi connectivity index (χ1) is 10.1. The van der Waals surface area contributed by atoms with Gasteiger partial charge in [0.1, 0.15) is 5.82 Å². The number of hydrogen-bond donors (Lipinski definition) is 4. The van der Waals surface area contributed by atoms with E-state index in [1.54, 1.807) is 0 Å². The number of thioether (sulfide) groups is 1. The van der Waals surface area contributed by atoms with Gasteiger partial charge in [-0.1, -0.05) is 36.0 Å². The first-order valence-electron chi connectivity index (χ1n) is 6.13. The van der Waals surface area contributed by atoms with Gasteiger partial charge in [0.25, 0.3) is 5.56 Å². The Morgan fingerprint density at radius 3 is 2.57 bits per heavy atom. The van der Waals surface area contributed by atoms with Crippen LogP contribution in [0.15, 0.2) is 40.3 Å². The summed E-state index contributed by atoms with van der Waals surface area (Å²) in [6.45, 7) is 0. The number of hydrogen-bond acceptors (Lipinski definition) is 6. The van der Waals surface area contributed by atoms with Crippen LogP contribution in [0.5, 0.6) is 0 Å². The van der Waals surface area contributed by atoms with Gasteiger partial charge in [-0.2, -0.15) is 0 Å². The number of H-pyrrole nitrogens is 1. The maximum absolute atomic E-state index is 11.3. The number of nitrogen functional groups attached to an aromatic ring is 1. The van der Waals surface area contributed by atoms with Crippen molar-refractivity contribution in [3.05, 3.63) is 51.8 Å². The molecule has 7 nitrogen and oxygen atoms in total. The summed E-state index contributed by atoms with van der Waals surface area (Å²) < 4.78 is 0. The Hall–Kier alpha value is -2.32. The van der Waals surface area contributed by atoms with Crippen molar-refractivity contribution in [1.82, 2.24) is 15.4 Å². The summed E-state index contributed by atoms with van der Waals surface area (Å²) in [6, 6.07) is 8.79. The number of aromatic amines is 1. The average Bonchev–Trinajstić information content (AvgIpc) is 2.45. The molecule has 6 N–H and O–H groups in total. The van der Waals surface area contributed by atoms with E-state index in [9.17, 15) is 9.59 Å². The topological polar surface area (TPSA) is 127 Å². The minimum atomic E-state index is -0.270. The zero-order valence-electron chi connectivity index (χ0n) is 11.1. The number of nitrogens with two attached hydrogens (primary N) is 2. The van der Waals surface area contributed by atoms with Crippen LogP contribution in [0.25, 0.3) is 0 Å². The van der Waals surface area contributed by atoms with Gasteiger partial charge in [0.05, 0.1) is 6.42 Å². The smallest absolute Gasteiger partial charge is 0.253 e. The minimum absolute atomic E-state index is 0.199. The molecule has 0 aliphatic heterocycles. The first kappa shape index (κ1) is 15.1. The quantitative estimate of drug-likeness (QED) is 0.205. The van der Waals surface area contributed by atoms with E-state index in [1.165, 1.54) is 17.8 Å². The van der Waals surface area contributed by atoms with Gasteiger partial charge in [-0.15, -0.1) is 0 Å². The van der Waals surface area contributed by atoms with E-state index in [-0.39, 0.29) is 23.7 Å². The van der Waals surface area contributed by atoms with E-state index in [1.807, 2.05) is 24.3 Å². The summed E-state index contributed by atoms with van der Waals surface area (Å²) in [5.74, 6) is 5.63. The fourth-order valence-corrected chi connectivity index (χ4v) is 2.50. The van der Waals surface area contributed by atoms with Crippen LogP contribution in [-0.4, -0.2) is 15.9 Å². The van der Waals surface area contributed by atoms with E-state index in [0.29, 0.717) is 10.9 Å². The Labute approximate surface area is 125 Å². The van der Waals surface area contributed by atoms with Gasteiger partial charge in [-0.3, -0.25) is 15.0 Å². The van der Waals surface area contributed by atoms with Crippen molar-refractivity contribution in [2.75, 3.05) is 5.73 Å². The van der Waals surface area contributed by atoms with Gasteiger partial charge in [0, 0.05) is 11.8 Å². The van der Waals surface area contributed by atoms with Crippen LogP contribution in [0, 0.1) is 0 Å². The molecule has 21 heavy (non-hydrogen) atoms. The van der Waals surface area contributed by atoms with E-state index >= 15 is 0 Å². The summed E-state index contributed by atoms with van der Waals surface area (Å²) in [6.07, 6.45) is 0.244. The molecule has 0 fully saturated rings. The second-order valence-electron chi connectivity index (χ2n) is 4.32. The van der Waals surface area contributed by atoms with Crippen molar-refractivity contribution in [3.63, 3.8) is 0 Å². The lowest BCUT2D eigenvalue weighted by atomic mass is 10.1. The lowest BCUT2D eigenvalue weighted by Gasteiger charge is -2.04. The SMILES string of the molecule is NNC(=O)Cc1ccc(CSc2nc(N)cc(=O)[nH]2)cc1. The molecule has 0 saturated carbocycles. The molecule has 8 heteroatoms. The number of carbonyl (C=O) groups excluding carboxylic acids is 1. The van der Waals surface area contributed by atoms with Crippen molar-refractivity contribution >= 4 is 23.5 Å². The Morgan fingerprint density at radius 1 is 1.29 bits per heavy atom. The molecule has 0 bridgehead atoms. The molecule has 110 valence electrons. The fourth-order valence-electron chi connectivity index (χ4n) is 1.66. The van der Waals surface area contributed by atoms with Crippen molar-refractivity contribution < 1.29 is 4.79 Å². The standard InChI is InChI=1S/C13H15N5O2S/c14-10-6-11(19)17-13(16-10)21-7-9-3-1-8(2-4-9)5-12(20)18-15/h1-4,6H,5,7,15H2,(H,18,20)(H3,14,16,17,19). The molecule has 1 aromatic carbocycles. The molecule has 0 radical (unpaired) electrons. The van der Waals surface area contributed by atoms with Gasteiger partial charge < -0.3 is 10.7 Å². The van der Waals surface area contributed by atoms with E-state index in [4.69, 9.17) is 11.6 Å². The minimum Gasteiger partial charge on any atom is -0.383 e. The summed E-state index contributed by atoms with van der Waals surface area (Å²) >= 11 is 1.38. The van der Waals surface area contributed by atoms with Gasteiger partial charge in [-0.25, -0.2) is 10.8 Å². The number of benzene rings is 1. The normalized spacial score (nSPS) is 10.3.